The molecule has 1 aliphatic heterocycles. The highest BCUT2D eigenvalue weighted by atomic mass is 79.9. The monoisotopic (exact) mass is 363 g/mol. The van der Waals surface area contributed by atoms with E-state index in [-0.39, 0.29) is 12.6 Å². The number of nitrogens with zero attached hydrogens (tertiary/aromatic N) is 1. The second kappa shape index (κ2) is 7.42. The lowest BCUT2D eigenvalue weighted by Gasteiger charge is -2.24. The van der Waals surface area contributed by atoms with E-state index in [2.05, 4.69) is 22.5 Å². The Morgan fingerprint density at radius 1 is 1.55 bits per heavy atom. The van der Waals surface area contributed by atoms with E-state index in [9.17, 15) is 9.90 Å². The third-order valence-electron chi connectivity index (χ3n) is 3.42. The smallest absolute Gasteiger partial charge is 0.409 e. The van der Waals surface area contributed by atoms with E-state index in [4.69, 9.17) is 4.74 Å². The molecule has 1 aliphatic rings. The van der Waals surface area contributed by atoms with Gasteiger partial charge < -0.3 is 9.84 Å². The van der Waals surface area contributed by atoms with Gasteiger partial charge in [0.25, 0.3) is 0 Å². The van der Waals surface area contributed by atoms with Gasteiger partial charge in [0.1, 0.15) is 5.75 Å². The molecule has 2 rings (SSSR count). The minimum Gasteiger partial charge on any atom is -0.409 e. The molecule has 0 aliphatic carbocycles. The summed E-state index contributed by atoms with van der Waals surface area (Å²) >= 11 is 3.35. The number of aliphatic hydroxyl groups excluding tert-OH is 1. The number of hydrogen-bond acceptors (Lipinski definition) is 3. The molecule has 5 heteroatoms. The predicted molar refractivity (Wildman–Crippen MR) is 89.5 cm³/mol. The van der Waals surface area contributed by atoms with Crippen LogP contribution in [0.15, 0.2) is 64.8 Å². The topological polar surface area (TPSA) is 49.8 Å². The molecule has 4 nitrogen and oxygen atoms in total. The maximum atomic E-state index is 12.6. The SMILES string of the molecule is C=CC1=C(/C=C\C)N(C(=O)Oc2ccccc2Br)[C@H](CO)C1. The van der Waals surface area contributed by atoms with Crippen molar-refractivity contribution in [2.75, 3.05) is 6.61 Å². The van der Waals surface area contributed by atoms with Gasteiger partial charge in [-0.3, -0.25) is 4.90 Å². The fraction of sp³-hybridized carbons (Fsp3) is 0.235. The summed E-state index contributed by atoms with van der Waals surface area (Å²) in [4.78, 5) is 14.0. The van der Waals surface area contributed by atoms with Gasteiger partial charge in [0.05, 0.1) is 22.8 Å². The molecule has 1 amide bonds. The summed E-state index contributed by atoms with van der Waals surface area (Å²) in [6.07, 6.45) is 5.43. The standard InChI is InChI=1S/C17H18BrNO3/c1-3-7-15-12(4-2)10-13(11-20)19(15)17(21)22-16-9-6-5-8-14(16)18/h3-9,13,20H,2,10-11H2,1H3/b7-3-/t13-/m0/s1. The average molecular weight is 364 g/mol. The zero-order chi connectivity index (χ0) is 16.1. The number of amides is 1. The molecular formula is C17H18BrNO3. The van der Waals surface area contributed by atoms with Crippen molar-refractivity contribution in [3.05, 3.63) is 64.8 Å². The Hall–Kier alpha value is -1.85. The summed E-state index contributed by atoms with van der Waals surface area (Å²) in [5.74, 6) is 0.441. The summed E-state index contributed by atoms with van der Waals surface area (Å²) in [7, 11) is 0. The largest absolute Gasteiger partial charge is 0.420 e. The number of para-hydroxylation sites is 1. The average Bonchev–Trinajstić information content (AvgIpc) is 2.88. The minimum atomic E-state index is -0.518. The molecule has 116 valence electrons. The Bertz CT molecular complexity index is 637. The molecular weight excluding hydrogens is 346 g/mol. The van der Waals surface area contributed by atoms with Crippen molar-refractivity contribution < 1.29 is 14.6 Å². The van der Waals surface area contributed by atoms with E-state index in [0.717, 1.165) is 5.57 Å². The number of ether oxygens (including phenoxy) is 1. The number of benzene rings is 1. The van der Waals surface area contributed by atoms with Crippen molar-refractivity contribution in [3.8, 4) is 5.75 Å². The first-order valence-electron chi connectivity index (χ1n) is 6.97. The second-order valence-corrected chi connectivity index (χ2v) is 5.68. The van der Waals surface area contributed by atoms with Crippen LogP contribution in [-0.2, 0) is 0 Å². The van der Waals surface area contributed by atoms with Crippen molar-refractivity contribution in [1.82, 2.24) is 4.90 Å². The quantitative estimate of drug-likeness (QED) is 0.878. The summed E-state index contributed by atoms with van der Waals surface area (Å²) in [5, 5.41) is 9.56. The van der Waals surface area contributed by atoms with Gasteiger partial charge in [-0.15, -0.1) is 0 Å². The number of carbonyl (C=O) groups excluding carboxylic acids is 1. The minimum absolute atomic E-state index is 0.135. The maximum Gasteiger partial charge on any atom is 0.420 e. The highest BCUT2D eigenvalue weighted by Gasteiger charge is 2.34. The molecule has 0 unspecified atom stereocenters. The van der Waals surface area contributed by atoms with Crippen molar-refractivity contribution in [2.24, 2.45) is 0 Å². The van der Waals surface area contributed by atoms with Gasteiger partial charge in [0.2, 0.25) is 0 Å². The highest BCUT2D eigenvalue weighted by molar-refractivity contribution is 9.10. The number of carbonyl (C=O) groups is 1. The fourth-order valence-corrected chi connectivity index (χ4v) is 2.76. The summed E-state index contributed by atoms with van der Waals surface area (Å²) in [6.45, 7) is 5.51. The Kier molecular flexibility index (Phi) is 5.57. The predicted octanol–water partition coefficient (Wildman–Crippen LogP) is 4.03. The van der Waals surface area contributed by atoms with Crippen LogP contribution in [0.5, 0.6) is 5.75 Å². The molecule has 1 aromatic carbocycles. The lowest BCUT2D eigenvalue weighted by atomic mass is 10.1. The van der Waals surface area contributed by atoms with E-state index in [1.807, 2.05) is 25.1 Å². The first-order valence-corrected chi connectivity index (χ1v) is 7.76. The molecule has 0 saturated heterocycles. The Labute approximate surface area is 138 Å². The highest BCUT2D eigenvalue weighted by Crippen LogP contribution is 2.32. The van der Waals surface area contributed by atoms with Crippen molar-refractivity contribution in [2.45, 2.75) is 19.4 Å². The molecule has 22 heavy (non-hydrogen) atoms. The Morgan fingerprint density at radius 2 is 2.27 bits per heavy atom. The van der Waals surface area contributed by atoms with E-state index in [1.54, 1.807) is 24.3 Å². The third kappa shape index (κ3) is 3.31. The molecule has 1 aromatic rings. The van der Waals surface area contributed by atoms with Crippen molar-refractivity contribution in [3.63, 3.8) is 0 Å². The van der Waals surface area contributed by atoms with Crippen LogP contribution in [0.1, 0.15) is 13.3 Å². The van der Waals surface area contributed by atoms with Crippen LogP contribution in [0.25, 0.3) is 0 Å². The second-order valence-electron chi connectivity index (χ2n) is 4.82. The lowest BCUT2D eigenvalue weighted by Crippen LogP contribution is -2.39. The van der Waals surface area contributed by atoms with Crippen LogP contribution in [0.3, 0.4) is 0 Å². The van der Waals surface area contributed by atoms with Crippen LogP contribution in [-0.4, -0.2) is 28.7 Å². The van der Waals surface area contributed by atoms with E-state index >= 15 is 0 Å². The molecule has 0 saturated carbocycles. The van der Waals surface area contributed by atoms with Gasteiger partial charge in [-0.2, -0.15) is 0 Å². The van der Waals surface area contributed by atoms with Crippen LogP contribution in [0.2, 0.25) is 0 Å². The van der Waals surface area contributed by atoms with Crippen molar-refractivity contribution >= 4 is 22.0 Å². The Morgan fingerprint density at radius 3 is 2.86 bits per heavy atom. The van der Waals surface area contributed by atoms with Gasteiger partial charge in [-0.25, -0.2) is 4.79 Å². The van der Waals surface area contributed by atoms with Crippen LogP contribution in [0.4, 0.5) is 4.79 Å². The summed E-state index contributed by atoms with van der Waals surface area (Å²) in [5.41, 5.74) is 1.63. The van der Waals surface area contributed by atoms with Gasteiger partial charge in [0, 0.05) is 0 Å². The number of aliphatic hydroxyl groups is 1. The summed E-state index contributed by atoms with van der Waals surface area (Å²) in [6, 6.07) is 6.80. The van der Waals surface area contributed by atoms with Crippen LogP contribution < -0.4 is 4.74 Å². The molecule has 1 N–H and O–H groups in total. The first kappa shape index (κ1) is 16.5. The summed E-state index contributed by atoms with van der Waals surface area (Å²) < 4.78 is 6.16. The Balaban J connectivity index is 2.30. The van der Waals surface area contributed by atoms with Crippen molar-refractivity contribution in [1.29, 1.82) is 0 Å². The van der Waals surface area contributed by atoms with E-state index < -0.39 is 6.09 Å². The lowest BCUT2D eigenvalue weighted by molar-refractivity contribution is 0.132. The van der Waals surface area contributed by atoms with E-state index in [1.165, 1.54) is 4.90 Å². The fourth-order valence-electron chi connectivity index (χ4n) is 2.40. The molecule has 0 radical (unpaired) electrons. The van der Waals surface area contributed by atoms with Gasteiger partial charge in [-0.1, -0.05) is 30.9 Å². The molecule has 0 spiro atoms. The number of rotatable bonds is 4. The first-order chi connectivity index (χ1) is 10.6. The van der Waals surface area contributed by atoms with Gasteiger partial charge in [-0.05, 0) is 53.1 Å². The van der Waals surface area contributed by atoms with Gasteiger partial charge >= 0.3 is 6.09 Å². The zero-order valence-electron chi connectivity index (χ0n) is 12.3. The van der Waals surface area contributed by atoms with Crippen LogP contribution >= 0.6 is 15.9 Å². The number of allylic oxidation sites excluding steroid dienone is 3. The molecule has 0 fully saturated rings. The molecule has 0 bridgehead atoms. The van der Waals surface area contributed by atoms with E-state index in [0.29, 0.717) is 22.3 Å². The number of halogens is 1. The molecule has 0 aromatic heterocycles. The molecule has 1 heterocycles. The van der Waals surface area contributed by atoms with Gasteiger partial charge in [0.15, 0.2) is 0 Å². The molecule has 1 atom stereocenters. The zero-order valence-corrected chi connectivity index (χ0v) is 13.9. The maximum absolute atomic E-state index is 12.6. The number of hydrogen-bond donors (Lipinski definition) is 1. The normalized spacial score (nSPS) is 18.1. The van der Waals surface area contributed by atoms with Crippen LogP contribution in [0, 0.1) is 0 Å². The third-order valence-corrected chi connectivity index (χ3v) is 4.08.